The molecule has 0 radical (unpaired) electrons. The molecule has 0 saturated carbocycles. The largest absolute Gasteiger partial charge is 0.381 e. The van der Waals surface area contributed by atoms with E-state index in [0.29, 0.717) is 0 Å². The average molecular weight is 239 g/mol. The maximum absolute atomic E-state index is 3.49. The number of rotatable bonds is 3. The van der Waals surface area contributed by atoms with Crippen LogP contribution in [0.25, 0.3) is 0 Å². The standard InChI is InChI=1S/C17H21N/c1-12-7-13(2)9-17(8-12)18-11-16-6-5-14(3)15(4)10-16/h5-10,18H,11H2,1-4H3. The molecule has 0 amide bonds. The molecule has 0 heterocycles. The summed E-state index contributed by atoms with van der Waals surface area (Å²) in [5, 5.41) is 3.49. The Morgan fingerprint density at radius 2 is 1.44 bits per heavy atom. The molecule has 94 valence electrons. The van der Waals surface area contributed by atoms with Crippen molar-refractivity contribution in [3.8, 4) is 0 Å². The van der Waals surface area contributed by atoms with Crippen molar-refractivity contribution < 1.29 is 0 Å². The minimum Gasteiger partial charge on any atom is -0.381 e. The fourth-order valence-electron chi connectivity index (χ4n) is 2.19. The quantitative estimate of drug-likeness (QED) is 0.829. The predicted molar refractivity (Wildman–Crippen MR) is 79.2 cm³/mol. The summed E-state index contributed by atoms with van der Waals surface area (Å²) in [6.45, 7) is 9.46. The first-order chi connectivity index (χ1) is 8.54. The van der Waals surface area contributed by atoms with E-state index in [1.807, 2.05) is 0 Å². The van der Waals surface area contributed by atoms with Gasteiger partial charge in [0.2, 0.25) is 0 Å². The molecule has 0 saturated heterocycles. The van der Waals surface area contributed by atoms with Gasteiger partial charge in [-0.3, -0.25) is 0 Å². The number of aryl methyl sites for hydroxylation is 4. The third kappa shape index (κ3) is 3.13. The summed E-state index contributed by atoms with van der Waals surface area (Å²) < 4.78 is 0. The van der Waals surface area contributed by atoms with Crippen molar-refractivity contribution in [1.82, 2.24) is 0 Å². The molecular weight excluding hydrogens is 218 g/mol. The van der Waals surface area contributed by atoms with Crippen molar-refractivity contribution in [2.45, 2.75) is 34.2 Å². The molecule has 2 aromatic carbocycles. The maximum Gasteiger partial charge on any atom is 0.0400 e. The summed E-state index contributed by atoms with van der Waals surface area (Å²) >= 11 is 0. The molecular formula is C17H21N. The molecule has 0 aromatic heterocycles. The Morgan fingerprint density at radius 1 is 0.778 bits per heavy atom. The molecule has 2 rings (SSSR count). The third-order valence-electron chi connectivity index (χ3n) is 3.29. The van der Waals surface area contributed by atoms with Crippen LogP contribution >= 0.6 is 0 Å². The van der Waals surface area contributed by atoms with Gasteiger partial charge in [-0.2, -0.15) is 0 Å². The van der Waals surface area contributed by atoms with Crippen LogP contribution in [0.1, 0.15) is 27.8 Å². The molecule has 0 atom stereocenters. The summed E-state index contributed by atoms with van der Waals surface area (Å²) in [5.41, 5.74) is 7.85. The van der Waals surface area contributed by atoms with Crippen LogP contribution in [0.15, 0.2) is 36.4 Å². The van der Waals surface area contributed by atoms with Crippen LogP contribution in [0.2, 0.25) is 0 Å². The Labute approximate surface area is 110 Å². The topological polar surface area (TPSA) is 12.0 Å². The van der Waals surface area contributed by atoms with E-state index in [2.05, 4.69) is 69.4 Å². The lowest BCUT2D eigenvalue weighted by atomic mass is 10.1. The lowest BCUT2D eigenvalue weighted by molar-refractivity contribution is 1.13. The van der Waals surface area contributed by atoms with Gasteiger partial charge in [0, 0.05) is 12.2 Å². The van der Waals surface area contributed by atoms with E-state index in [-0.39, 0.29) is 0 Å². The zero-order valence-electron chi connectivity index (χ0n) is 11.7. The Bertz CT molecular complexity index is 535. The van der Waals surface area contributed by atoms with Gasteiger partial charge in [-0.25, -0.2) is 0 Å². The molecule has 2 aromatic rings. The highest BCUT2D eigenvalue weighted by Gasteiger charge is 1.98. The summed E-state index contributed by atoms with van der Waals surface area (Å²) in [6, 6.07) is 13.2. The smallest absolute Gasteiger partial charge is 0.0400 e. The number of benzene rings is 2. The molecule has 0 aliphatic carbocycles. The van der Waals surface area contributed by atoms with Crippen LogP contribution in [0.4, 0.5) is 5.69 Å². The number of nitrogens with one attached hydrogen (secondary N) is 1. The van der Waals surface area contributed by atoms with Gasteiger partial charge in [0.05, 0.1) is 0 Å². The van der Waals surface area contributed by atoms with Gasteiger partial charge in [0.1, 0.15) is 0 Å². The SMILES string of the molecule is Cc1cc(C)cc(NCc2ccc(C)c(C)c2)c1. The molecule has 0 fully saturated rings. The summed E-state index contributed by atoms with van der Waals surface area (Å²) in [4.78, 5) is 0. The fourth-order valence-corrected chi connectivity index (χ4v) is 2.19. The van der Waals surface area contributed by atoms with Crippen molar-refractivity contribution in [2.75, 3.05) is 5.32 Å². The van der Waals surface area contributed by atoms with Crippen molar-refractivity contribution in [3.63, 3.8) is 0 Å². The van der Waals surface area contributed by atoms with E-state index >= 15 is 0 Å². The lowest BCUT2D eigenvalue weighted by Gasteiger charge is -2.10. The third-order valence-corrected chi connectivity index (χ3v) is 3.29. The second kappa shape index (κ2) is 5.26. The minimum atomic E-state index is 0.879. The molecule has 0 aliphatic rings. The van der Waals surface area contributed by atoms with E-state index in [1.54, 1.807) is 0 Å². The van der Waals surface area contributed by atoms with Gasteiger partial charge in [0.25, 0.3) is 0 Å². The van der Waals surface area contributed by atoms with E-state index < -0.39 is 0 Å². The van der Waals surface area contributed by atoms with Gasteiger partial charge < -0.3 is 5.32 Å². The molecule has 1 heteroatoms. The Balaban J connectivity index is 2.08. The number of hydrogen-bond acceptors (Lipinski definition) is 1. The molecule has 0 unspecified atom stereocenters. The highest BCUT2D eigenvalue weighted by molar-refractivity contribution is 5.49. The van der Waals surface area contributed by atoms with Gasteiger partial charge in [-0.05, 0) is 67.6 Å². The van der Waals surface area contributed by atoms with Crippen LogP contribution in [0.5, 0.6) is 0 Å². The van der Waals surface area contributed by atoms with E-state index in [1.165, 1.54) is 33.5 Å². The van der Waals surface area contributed by atoms with Crippen molar-refractivity contribution in [2.24, 2.45) is 0 Å². The minimum absolute atomic E-state index is 0.879. The van der Waals surface area contributed by atoms with Gasteiger partial charge >= 0.3 is 0 Å². The zero-order valence-corrected chi connectivity index (χ0v) is 11.7. The highest BCUT2D eigenvalue weighted by atomic mass is 14.9. The molecule has 1 nitrogen and oxygen atoms in total. The van der Waals surface area contributed by atoms with Crippen LogP contribution in [-0.2, 0) is 6.54 Å². The van der Waals surface area contributed by atoms with Crippen LogP contribution in [0.3, 0.4) is 0 Å². The number of anilines is 1. The summed E-state index contributed by atoms with van der Waals surface area (Å²) in [7, 11) is 0. The maximum atomic E-state index is 3.49. The van der Waals surface area contributed by atoms with Crippen molar-refractivity contribution >= 4 is 5.69 Å². The zero-order chi connectivity index (χ0) is 13.1. The monoisotopic (exact) mass is 239 g/mol. The second-order valence-electron chi connectivity index (χ2n) is 5.15. The normalized spacial score (nSPS) is 10.4. The highest BCUT2D eigenvalue weighted by Crippen LogP contribution is 2.16. The molecule has 1 N–H and O–H groups in total. The van der Waals surface area contributed by atoms with Gasteiger partial charge in [-0.15, -0.1) is 0 Å². The Morgan fingerprint density at radius 3 is 2.06 bits per heavy atom. The lowest BCUT2D eigenvalue weighted by Crippen LogP contribution is -2.00. The first-order valence-corrected chi connectivity index (χ1v) is 6.43. The molecule has 18 heavy (non-hydrogen) atoms. The predicted octanol–water partition coefficient (Wildman–Crippen LogP) is 4.53. The second-order valence-corrected chi connectivity index (χ2v) is 5.15. The summed E-state index contributed by atoms with van der Waals surface area (Å²) in [6.07, 6.45) is 0. The molecule has 0 aliphatic heterocycles. The first-order valence-electron chi connectivity index (χ1n) is 6.43. The van der Waals surface area contributed by atoms with Crippen LogP contribution < -0.4 is 5.32 Å². The Hall–Kier alpha value is -1.76. The van der Waals surface area contributed by atoms with E-state index in [4.69, 9.17) is 0 Å². The van der Waals surface area contributed by atoms with Crippen molar-refractivity contribution in [1.29, 1.82) is 0 Å². The number of hydrogen-bond donors (Lipinski definition) is 1. The Kier molecular flexibility index (Phi) is 3.71. The average Bonchev–Trinajstić information content (AvgIpc) is 2.29. The molecule has 0 bridgehead atoms. The van der Waals surface area contributed by atoms with Crippen molar-refractivity contribution in [3.05, 3.63) is 64.2 Å². The van der Waals surface area contributed by atoms with Crippen LogP contribution in [0, 0.1) is 27.7 Å². The van der Waals surface area contributed by atoms with Gasteiger partial charge in [-0.1, -0.05) is 24.3 Å². The van der Waals surface area contributed by atoms with Crippen LogP contribution in [-0.4, -0.2) is 0 Å². The first kappa shape index (κ1) is 12.7. The fraction of sp³-hybridized carbons (Fsp3) is 0.294. The van der Waals surface area contributed by atoms with E-state index in [0.717, 1.165) is 6.54 Å². The van der Waals surface area contributed by atoms with Gasteiger partial charge in [0.15, 0.2) is 0 Å². The summed E-state index contributed by atoms with van der Waals surface area (Å²) in [5.74, 6) is 0. The van der Waals surface area contributed by atoms with E-state index in [9.17, 15) is 0 Å². The molecule has 0 spiro atoms.